The van der Waals surface area contributed by atoms with Gasteiger partial charge in [-0.25, -0.2) is 0 Å². The van der Waals surface area contributed by atoms with E-state index < -0.39 is 6.10 Å². The van der Waals surface area contributed by atoms with Crippen LogP contribution in [0.4, 0.5) is 0 Å². The summed E-state index contributed by atoms with van der Waals surface area (Å²) in [6, 6.07) is 0. The number of carbonyl (C=O) groups excluding carboxylic acids is 3. The Balaban J connectivity index is 4.32. The largest absolute Gasteiger partial charge is 0.462 e. The fourth-order valence-corrected chi connectivity index (χ4v) is 9.08. The van der Waals surface area contributed by atoms with Crippen LogP contribution in [0.1, 0.15) is 335 Å². The molecule has 0 aliphatic heterocycles. The van der Waals surface area contributed by atoms with Crippen molar-refractivity contribution in [3.8, 4) is 0 Å². The average Bonchev–Trinajstić information content (AvgIpc) is 3.34. The molecule has 6 nitrogen and oxygen atoms in total. The van der Waals surface area contributed by atoms with E-state index in [9.17, 15) is 14.4 Å². The first kappa shape index (κ1) is 65.9. The van der Waals surface area contributed by atoms with Crippen LogP contribution in [-0.2, 0) is 28.6 Å². The predicted octanol–water partition coefficient (Wildman–Crippen LogP) is 20.3. The summed E-state index contributed by atoms with van der Waals surface area (Å²) in [4.78, 5) is 38.2. The summed E-state index contributed by atoms with van der Waals surface area (Å²) in [6.45, 7) is 6.68. The van der Waals surface area contributed by atoms with E-state index in [1.165, 1.54) is 238 Å². The van der Waals surface area contributed by atoms with Crippen LogP contribution in [-0.4, -0.2) is 37.2 Å². The molecule has 0 heterocycles. The smallest absolute Gasteiger partial charge is 0.306 e. The molecular weight excluding hydrogens is 841 g/mol. The van der Waals surface area contributed by atoms with Crippen molar-refractivity contribution >= 4 is 17.9 Å². The molecule has 68 heavy (non-hydrogen) atoms. The maximum absolute atomic E-state index is 12.9. The van der Waals surface area contributed by atoms with Gasteiger partial charge in [0.25, 0.3) is 0 Å². The zero-order chi connectivity index (χ0) is 49.3. The fourth-order valence-electron chi connectivity index (χ4n) is 9.08. The van der Waals surface area contributed by atoms with Crippen molar-refractivity contribution in [2.75, 3.05) is 13.2 Å². The Labute approximate surface area is 423 Å². The highest BCUT2D eigenvalue weighted by Gasteiger charge is 2.19. The number of esters is 3. The van der Waals surface area contributed by atoms with Crippen LogP contribution in [0.15, 0.2) is 24.3 Å². The molecule has 0 aromatic rings. The van der Waals surface area contributed by atoms with Gasteiger partial charge in [-0.15, -0.1) is 0 Å². The van der Waals surface area contributed by atoms with Crippen LogP contribution in [0.2, 0.25) is 0 Å². The molecule has 0 amide bonds. The first-order valence-electron chi connectivity index (χ1n) is 30.3. The zero-order valence-electron chi connectivity index (χ0n) is 45.9. The van der Waals surface area contributed by atoms with E-state index in [4.69, 9.17) is 14.2 Å². The van der Waals surface area contributed by atoms with Gasteiger partial charge in [0, 0.05) is 19.3 Å². The third kappa shape index (κ3) is 54.8. The number of carbonyl (C=O) groups is 3. The normalized spacial score (nSPS) is 12.1. The van der Waals surface area contributed by atoms with E-state index in [1.807, 2.05) is 0 Å². The minimum atomic E-state index is -0.771. The Hall–Kier alpha value is -2.11. The van der Waals surface area contributed by atoms with Gasteiger partial charge in [0.05, 0.1) is 0 Å². The number of unbranched alkanes of at least 4 members (excludes halogenated alkanes) is 41. The van der Waals surface area contributed by atoms with Crippen molar-refractivity contribution < 1.29 is 28.6 Å². The van der Waals surface area contributed by atoms with Gasteiger partial charge in [-0.1, -0.05) is 270 Å². The lowest BCUT2D eigenvalue weighted by Gasteiger charge is -2.18. The lowest BCUT2D eigenvalue weighted by atomic mass is 10.0. The van der Waals surface area contributed by atoms with E-state index in [0.717, 1.165) is 57.8 Å². The molecule has 0 N–H and O–H groups in total. The summed E-state index contributed by atoms with van der Waals surface area (Å²) in [6.07, 6.45) is 67.4. The second-order valence-electron chi connectivity index (χ2n) is 20.6. The quantitative estimate of drug-likeness (QED) is 0.0262. The molecule has 1 atom stereocenters. The standard InChI is InChI=1S/C62H116O6/c1-4-7-10-13-16-19-22-25-28-30-31-33-34-37-40-43-46-49-52-55-61(64)67-58-59(57-66-60(63)54-51-48-45-42-39-36-27-24-21-18-15-12-9-6-3)68-62(65)56-53-50-47-44-41-38-35-32-29-26-23-20-17-14-11-8-5-2/h25-26,28-29,59H,4-24,27,30-58H2,1-3H3/b28-25-,29-26-/t59-/m1/s1. The van der Waals surface area contributed by atoms with Crippen molar-refractivity contribution in [3.63, 3.8) is 0 Å². The highest BCUT2D eigenvalue weighted by molar-refractivity contribution is 5.71. The molecule has 0 saturated carbocycles. The van der Waals surface area contributed by atoms with Crippen LogP contribution < -0.4 is 0 Å². The Kier molecular flexibility index (Phi) is 55.7. The maximum Gasteiger partial charge on any atom is 0.306 e. The second kappa shape index (κ2) is 57.5. The van der Waals surface area contributed by atoms with Crippen molar-refractivity contribution in [3.05, 3.63) is 24.3 Å². The fraction of sp³-hybridized carbons (Fsp3) is 0.887. The van der Waals surface area contributed by atoms with Gasteiger partial charge in [-0.3, -0.25) is 14.4 Å². The van der Waals surface area contributed by atoms with Crippen LogP contribution >= 0.6 is 0 Å². The molecular formula is C62H116O6. The zero-order valence-corrected chi connectivity index (χ0v) is 45.9. The summed E-state index contributed by atoms with van der Waals surface area (Å²) >= 11 is 0. The predicted molar refractivity (Wildman–Crippen MR) is 293 cm³/mol. The first-order valence-corrected chi connectivity index (χ1v) is 30.3. The molecule has 0 saturated heterocycles. The molecule has 0 unspecified atom stereocenters. The molecule has 0 fully saturated rings. The van der Waals surface area contributed by atoms with E-state index in [-0.39, 0.29) is 31.1 Å². The van der Waals surface area contributed by atoms with Gasteiger partial charge < -0.3 is 14.2 Å². The Morgan fingerprint density at radius 2 is 0.485 bits per heavy atom. The topological polar surface area (TPSA) is 78.9 Å². The van der Waals surface area contributed by atoms with Gasteiger partial charge >= 0.3 is 17.9 Å². The van der Waals surface area contributed by atoms with Crippen molar-refractivity contribution in [2.45, 2.75) is 341 Å². The minimum Gasteiger partial charge on any atom is -0.462 e. The Bertz CT molecular complexity index is 1100. The monoisotopic (exact) mass is 957 g/mol. The first-order chi connectivity index (χ1) is 33.5. The number of hydrogen-bond acceptors (Lipinski definition) is 6. The van der Waals surface area contributed by atoms with Crippen LogP contribution in [0, 0.1) is 0 Å². The van der Waals surface area contributed by atoms with Crippen molar-refractivity contribution in [2.24, 2.45) is 0 Å². The minimum absolute atomic E-state index is 0.0688. The molecule has 0 aliphatic carbocycles. The Morgan fingerprint density at radius 1 is 0.279 bits per heavy atom. The Morgan fingerprint density at radius 3 is 0.735 bits per heavy atom. The highest BCUT2D eigenvalue weighted by atomic mass is 16.6. The lowest BCUT2D eigenvalue weighted by Crippen LogP contribution is -2.30. The lowest BCUT2D eigenvalue weighted by molar-refractivity contribution is -0.167. The SMILES string of the molecule is CCCCCCCC/C=C\CCCCCCCCCCCC(=O)OC[C@@H](COC(=O)CCCCCCCCCCCCCCCC)OC(=O)CCCCCCCCC/C=C\CCCCCCCC. The van der Waals surface area contributed by atoms with E-state index in [1.54, 1.807) is 0 Å². The molecule has 6 heteroatoms. The summed E-state index contributed by atoms with van der Waals surface area (Å²) in [5.41, 5.74) is 0. The molecule has 0 aromatic carbocycles. The van der Waals surface area contributed by atoms with E-state index in [2.05, 4.69) is 45.1 Å². The third-order valence-corrected chi connectivity index (χ3v) is 13.7. The molecule has 0 rings (SSSR count). The molecule has 0 aromatic heterocycles. The molecule has 0 bridgehead atoms. The maximum atomic E-state index is 12.9. The highest BCUT2D eigenvalue weighted by Crippen LogP contribution is 2.17. The average molecular weight is 958 g/mol. The summed E-state index contributed by atoms with van der Waals surface area (Å²) in [7, 11) is 0. The van der Waals surface area contributed by atoms with Crippen LogP contribution in [0.3, 0.4) is 0 Å². The van der Waals surface area contributed by atoms with Gasteiger partial charge in [-0.05, 0) is 70.6 Å². The molecule has 0 aliphatic rings. The van der Waals surface area contributed by atoms with Gasteiger partial charge in [-0.2, -0.15) is 0 Å². The molecule has 0 radical (unpaired) electrons. The number of hydrogen-bond donors (Lipinski definition) is 0. The van der Waals surface area contributed by atoms with Gasteiger partial charge in [0.2, 0.25) is 0 Å². The van der Waals surface area contributed by atoms with Gasteiger partial charge in [0.15, 0.2) is 6.10 Å². The second-order valence-corrected chi connectivity index (χ2v) is 20.6. The van der Waals surface area contributed by atoms with Crippen molar-refractivity contribution in [1.82, 2.24) is 0 Å². The van der Waals surface area contributed by atoms with E-state index >= 15 is 0 Å². The number of ether oxygens (including phenoxy) is 3. The third-order valence-electron chi connectivity index (χ3n) is 13.7. The number of allylic oxidation sites excluding steroid dienone is 4. The van der Waals surface area contributed by atoms with E-state index in [0.29, 0.717) is 19.3 Å². The number of rotatable bonds is 56. The van der Waals surface area contributed by atoms with Crippen LogP contribution in [0.5, 0.6) is 0 Å². The van der Waals surface area contributed by atoms with Gasteiger partial charge in [0.1, 0.15) is 13.2 Å². The van der Waals surface area contributed by atoms with Crippen LogP contribution in [0.25, 0.3) is 0 Å². The molecule has 400 valence electrons. The summed E-state index contributed by atoms with van der Waals surface area (Å²) in [5.74, 6) is -0.853. The summed E-state index contributed by atoms with van der Waals surface area (Å²) < 4.78 is 16.9. The molecule has 0 spiro atoms. The van der Waals surface area contributed by atoms with Crippen molar-refractivity contribution in [1.29, 1.82) is 0 Å². The summed E-state index contributed by atoms with van der Waals surface area (Å²) in [5, 5.41) is 0.